The van der Waals surface area contributed by atoms with E-state index in [1.807, 2.05) is 12.1 Å². The van der Waals surface area contributed by atoms with Crippen molar-refractivity contribution in [3.63, 3.8) is 0 Å². The van der Waals surface area contributed by atoms with Gasteiger partial charge in [-0.05, 0) is 48.2 Å². The Morgan fingerprint density at radius 1 is 1.04 bits per heavy atom. The number of hydrogen-bond donors (Lipinski definition) is 4. The molecular weight excluding hydrogens is 318 g/mol. The van der Waals surface area contributed by atoms with E-state index < -0.39 is 17.9 Å². The summed E-state index contributed by atoms with van der Waals surface area (Å²) in [5.41, 5.74) is 10.7. The van der Waals surface area contributed by atoms with Crippen LogP contribution in [0.25, 0.3) is 11.1 Å². The van der Waals surface area contributed by atoms with E-state index in [0.717, 1.165) is 17.5 Å². The molecule has 2 aromatic rings. The number of hydroxylamine groups is 1. The van der Waals surface area contributed by atoms with E-state index in [-0.39, 0.29) is 13.0 Å². The van der Waals surface area contributed by atoms with E-state index in [1.165, 1.54) is 11.0 Å². The first kappa shape index (κ1) is 18.6. The van der Waals surface area contributed by atoms with Crippen molar-refractivity contribution in [1.82, 2.24) is 10.8 Å². The highest BCUT2D eigenvalue weighted by Crippen LogP contribution is 2.20. The van der Waals surface area contributed by atoms with Crippen LogP contribution in [-0.4, -0.2) is 29.6 Å². The molecule has 0 saturated heterocycles. The second kappa shape index (κ2) is 8.96. The van der Waals surface area contributed by atoms with Crippen molar-refractivity contribution in [3.8, 4) is 11.1 Å². The number of nitrogens with two attached hydrogens (primary N) is 1. The summed E-state index contributed by atoms with van der Waals surface area (Å²) in [4.78, 5) is 23.8. The highest BCUT2D eigenvalue weighted by atomic mass is 16.5. The fourth-order valence-electron chi connectivity index (χ4n) is 2.50. The third-order valence-electron chi connectivity index (χ3n) is 4.03. The molecule has 0 aliphatic carbocycles. The van der Waals surface area contributed by atoms with Gasteiger partial charge in [0.05, 0.1) is 0 Å². The maximum Gasteiger partial charge on any atom is 0.265 e. The number of benzene rings is 2. The molecule has 0 heterocycles. The van der Waals surface area contributed by atoms with Gasteiger partial charge >= 0.3 is 0 Å². The van der Waals surface area contributed by atoms with E-state index >= 15 is 0 Å². The molecule has 6 nitrogen and oxygen atoms in total. The summed E-state index contributed by atoms with van der Waals surface area (Å²) in [6.07, 6.45) is 1.23. The lowest BCUT2D eigenvalue weighted by atomic mass is 10.0. The number of amides is 2. The fourth-order valence-corrected chi connectivity index (χ4v) is 2.50. The average Bonchev–Trinajstić information content (AvgIpc) is 2.67. The minimum atomic E-state index is -0.872. The Labute approximate surface area is 147 Å². The molecule has 1 atom stereocenters. The maximum absolute atomic E-state index is 12.3. The van der Waals surface area contributed by atoms with Crippen molar-refractivity contribution in [3.05, 3.63) is 59.7 Å². The average molecular weight is 341 g/mol. The summed E-state index contributed by atoms with van der Waals surface area (Å²) in [6, 6.07) is 14.5. The zero-order valence-electron chi connectivity index (χ0n) is 14.2. The number of nitrogens with one attached hydrogen (secondary N) is 2. The van der Waals surface area contributed by atoms with Gasteiger partial charge in [-0.2, -0.15) is 0 Å². The first-order chi connectivity index (χ1) is 12.1. The maximum atomic E-state index is 12.3. The predicted molar refractivity (Wildman–Crippen MR) is 96.1 cm³/mol. The van der Waals surface area contributed by atoms with Crippen LogP contribution in [0.2, 0.25) is 0 Å². The number of carbonyl (C=O) groups is 2. The van der Waals surface area contributed by atoms with Crippen LogP contribution in [0.4, 0.5) is 0 Å². The van der Waals surface area contributed by atoms with Crippen molar-refractivity contribution in [2.45, 2.75) is 25.8 Å². The minimum Gasteiger partial charge on any atom is -0.340 e. The zero-order chi connectivity index (χ0) is 18.2. The van der Waals surface area contributed by atoms with Gasteiger partial charge in [-0.25, -0.2) is 5.48 Å². The normalized spacial score (nSPS) is 11.6. The summed E-state index contributed by atoms with van der Waals surface area (Å²) in [5, 5.41) is 11.3. The fraction of sp³-hybridized carbons (Fsp3) is 0.263. The summed E-state index contributed by atoms with van der Waals surface area (Å²) in [5.74, 6) is -1.08. The molecule has 0 saturated carbocycles. The predicted octanol–water partition coefficient (Wildman–Crippen LogP) is 1.87. The molecule has 0 unspecified atom stereocenters. The Morgan fingerprint density at radius 3 is 2.08 bits per heavy atom. The van der Waals surface area contributed by atoms with E-state index in [9.17, 15) is 9.59 Å². The molecule has 0 bridgehead atoms. The van der Waals surface area contributed by atoms with E-state index in [4.69, 9.17) is 10.9 Å². The van der Waals surface area contributed by atoms with Crippen molar-refractivity contribution < 1.29 is 14.8 Å². The van der Waals surface area contributed by atoms with Gasteiger partial charge in [0, 0.05) is 5.56 Å². The highest BCUT2D eigenvalue weighted by Gasteiger charge is 2.20. The summed E-state index contributed by atoms with van der Waals surface area (Å²) < 4.78 is 0. The summed E-state index contributed by atoms with van der Waals surface area (Å²) in [6.45, 7) is 2.32. The quantitative estimate of drug-likeness (QED) is 0.456. The van der Waals surface area contributed by atoms with E-state index in [1.54, 1.807) is 12.1 Å². The number of rotatable bonds is 7. The van der Waals surface area contributed by atoms with Gasteiger partial charge in [0.15, 0.2) is 0 Å². The van der Waals surface area contributed by atoms with Crippen molar-refractivity contribution in [2.75, 3.05) is 6.54 Å². The molecule has 0 aliphatic rings. The molecule has 2 aromatic carbocycles. The molecule has 25 heavy (non-hydrogen) atoms. The molecule has 0 radical (unpaired) electrons. The molecule has 2 rings (SSSR count). The van der Waals surface area contributed by atoms with Gasteiger partial charge in [-0.3, -0.25) is 14.8 Å². The first-order valence-electron chi connectivity index (χ1n) is 8.23. The molecule has 6 heteroatoms. The van der Waals surface area contributed by atoms with Crippen LogP contribution in [0.15, 0.2) is 48.5 Å². The zero-order valence-corrected chi connectivity index (χ0v) is 14.2. The van der Waals surface area contributed by atoms with Crippen LogP contribution in [0.1, 0.15) is 29.3 Å². The Bertz CT molecular complexity index is 712. The second-order valence-electron chi connectivity index (χ2n) is 5.71. The van der Waals surface area contributed by atoms with Crippen molar-refractivity contribution >= 4 is 11.8 Å². The van der Waals surface area contributed by atoms with Crippen LogP contribution < -0.4 is 16.5 Å². The molecular formula is C19H23N3O3. The van der Waals surface area contributed by atoms with Crippen LogP contribution >= 0.6 is 0 Å². The Hall–Kier alpha value is -2.70. The van der Waals surface area contributed by atoms with Gasteiger partial charge < -0.3 is 11.1 Å². The van der Waals surface area contributed by atoms with Gasteiger partial charge in [-0.1, -0.05) is 43.3 Å². The summed E-state index contributed by atoms with van der Waals surface area (Å²) in [7, 11) is 0. The molecule has 5 N–H and O–H groups in total. The number of carbonyl (C=O) groups excluding carboxylic acids is 2. The van der Waals surface area contributed by atoms with Crippen LogP contribution in [0.3, 0.4) is 0 Å². The molecule has 0 fully saturated rings. The van der Waals surface area contributed by atoms with Crippen molar-refractivity contribution in [1.29, 1.82) is 0 Å². The topological polar surface area (TPSA) is 104 Å². The van der Waals surface area contributed by atoms with Crippen molar-refractivity contribution in [2.24, 2.45) is 5.73 Å². The SMILES string of the molecule is CCc1ccc(-c2ccc(C(=O)N[C@@H](CCN)C(=O)NO)cc2)cc1. The van der Waals surface area contributed by atoms with Crippen LogP contribution in [-0.2, 0) is 11.2 Å². The Kier molecular flexibility index (Phi) is 6.68. The standard InChI is InChI=1S/C19H23N3O3/c1-2-13-3-5-14(6-4-13)15-7-9-16(10-8-15)18(23)21-17(11-12-20)19(24)22-25/h3-10,17,25H,2,11-12,20H2,1H3,(H,21,23)(H,22,24)/t17-/m0/s1. The number of hydrogen-bond acceptors (Lipinski definition) is 4. The lowest BCUT2D eigenvalue weighted by molar-refractivity contribution is -0.131. The third-order valence-corrected chi connectivity index (χ3v) is 4.03. The van der Waals surface area contributed by atoms with Gasteiger partial charge in [0.2, 0.25) is 0 Å². The molecule has 0 spiro atoms. The van der Waals surface area contributed by atoms with E-state index in [0.29, 0.717) is 5.56 Å². The monoisotopic (exact) mass is 341 g/mol. The summed E-state index contributed by atoms with van der Waals surface area (Å²) >= 11 is 0. The highest BCUT2D eigenvalue weighted by molar-refractivity contribution is 5.97. The molecule has 2 amide bonds. The molecule has 0 aliphatic heterocycles. The first-order valence-corrected chi connectivity index (χ1v) is 8.23. The smallest absolute Gasteiger partial charge is 0.265 e. The largest absolute Gasteiger partial charge is 0.340 e. The van der Waals surface area contributed by atoms with Gasteiger partial charge in [-0.15, -0.1) is 0 Å². The number of aryl methyl sites for hydroxylation is 1. The van der Waals surface area contributed by atoms with E-state index in [2.05, 4.69) is 36.5 Å². The molecule has 0 aromatic heterocycles. The Balaban J connectivity index is 2.09. The third kappa shape index (κ3) is 4.89. The second-order valence-corrected chi connectivity index (χ2v) is 5.71. The van der Waals surface area contributed by atoms with Crippen LogP contribution in [0.5, 0.6) is 0 Å². The van der Waals surface area contributed by atoms with Gasteiger partial charge in [0.25, 0.3) is 11.8 Å². The lowest BCUT2D eigenvalue weighted by Gasteiger charge is -2.16. The minimum absolute atomic E-state index is 0.213. The van der Waals surface area contributed by atoms with Gasteiger partial charge in [0.1, 0.15) is 6.04 Å². The Morgan fingerprint density at radius 2 is 1.60 bits per heavy atom. The van der Waals surface area contributed by atoms with Crippen LogP contribution in [0, 0.1) is 0 Å². The molecule has 132 valence electrons. The lowest BCUT2D eigenvalue weighted by Crippen LogP contribution is -2.46.